The molecule has 8 heteroatoms. The van der Waals surface area contributed by atoms with Crippen LogP contribution in [0.25, 0.3) is 0 Å². The average molecular weight is 457 g/mol. The van der Waals surface area contributed by atoms with Gasteiger partial charge in [0, 0.05) is 43.1 Å². The first-order valence-electron chi connectivity index (χ1n) is 11.0. The summed E-state index contributed by atoms with van der Waals surface area (Å²) in [6.07, 6.45) is 8.35. The Bertz CT molecular complexity index is 1200. The molecular weight excluding hydrogens is 432 g/mol. The van der Waals surface area contributed by atoms with E-state index in [-0.39, 0.29) is 23.2 Å². The van der Waals surface area contributed by atoms with Gasteiger partial charge in [-0.05, 0) is 29.7 Å². The smallest absolute Gasteiger partial charge is 0.270 e. The molecule has 1 aromatic heterocycles. The van der Waals surface area contributed by atoms with Crippen LogP contribution in [0.15, 0.2) is 91.3 Å². The van der Waals surface area contributed by atoms with Gasteiger partial charge < -0.3 is 10.2 Å². The number of nitrogens with zero attached hydrogens (tertiary/aromatic N) is 3. The molecule has 1 aliphatic rings. The van der Waals surface area contributed by atoms with Crippen molar-refractivity contribution in [1.29, 1.82) is 0 Å². The Kier molecular flexibility index (Phi) is 7.07. The first-order chi connectivity index (χ1) is 16.5. The number of carbonyl (C=O) groups is 2. The van der Waals surface area contributed by atoms with Crippen LogP contribution in [0, 0.1) is 10.1 Å². The van der Waals surface area contributed by atoms with Crippen molar-refractivity contribution in [2.45, 2.75) is 24.9 Å². The quantitative estimate of drug-likeness (QED) is 0.330. The number of non-ortho nitro benzene ring substituents is 1. The second kappa shape index (κ2) is 10.5. The molecule has 2 aromatic carbocycles. The number of pyridine rings is 1. The van der Waals surface area contributed by atoms with Crippen molar-refractivity contribution >= 4 is 17.5 Å². The Morgan fingerprint density at radius 3 is 2.65 bits per heavy atom. The standard InChI is InChI=1S/C26H24N4O4/c31-25(20-10-6-12-22(17-20)30(33)34)28-23(16-19-8-2-1-3-9-19)26(32)29-15-5-4-13-24(29)21-11-7-14-27-18-21/h1-12,14,17-18,23-24H,13,15-16H2,(H,28,31). The van der Waals surface area contributed by atoms with Crippen LogP contribution in [0.2, 0.25) is 0 Å². The second-order valence-corrected chi connectivity index (χ2v) is 8.02. The van der Waals surface area contributed by atoms with E-state index in [1.807, 2.05) is 54.6 Å². The van der Waals surface area contributed by atoms with Gasteiger partial charge in [-0.15, -0.1) is 0 Å². The molecule has 8 nitrogen and oxygen atoms in total. The largest absolute Gasteiger partial charge is 0.340 e. The van der Waals surface area contributed by atoms with E-state index in [2.05, 4.69) is 10.3 Å². The molecule has 172 valence electrons. The van der Waals surface area contributed by atoms with E-state index in [1.165, 1.54) is 24.3 Å². The Morgan fingerprint density at radius 1 is 1.09 bits per heavy atom. The molecule has 0 aliphatic carbocycles. The Morgan fingerprint density at radius 2 is 1.91 bits per heavy atom. The summed E-state index contributed by atoms with van der Waals surface area (Å²) in [5.74, 6) is -0.760. The minimum absolute atomic E-state index is 0.127. The van der Waals surface area contributed by atoms with Gasteiger partial charge in [0.15, 0.2) is 0 Å². The molecule has 3 aromatic rings. The van der Waals surface area contributed by atoms with Crippen LogP contribution in [0.5, 0.6) is 0 Å². The van der Waals surface area contributed by atoms with Crippen LogP contribution < -0.4 is 5.32 Å². The lowest BCUT2D eigenvalue weighted by Gasteiger charge is -2.36. The number of nitro groups is 1. The summed E-state index contributed by atoms with van der Waals surface area (Å²) in [6, 6.07) is 17.6. The number of rotatable bonds is 7. The fraction of sp³-hybridized carbons (Fsp3) is 0.192. The molecule has 1 aliphatic heterocycles. The van der Waals surface area contributed by atoms with E-state index >= 15 is 0 Å². The topological polar surface area (TPSA) is 105 Å². The molecule has 0 radical (unpaired) electrons. The van der Waals surface area contributed by atoms with Crippen LogP contribution in [0.4, 0.5) is 5.69 Å². The summed E-state index contributed by atoms with van der Waals surface area (Å²) >= 11 is 0. The van der Waals surface area contributed by atoms with Crippen LogP contribution in [0.1, 0.15) is 33.9 Å². The van der Waals surface area contributed by atoms with Gasteiger partial charge in [-0.25, -0.2) is 0 Å². The number of aromatic nitrogens is 1. The summed E-state index contributed by atoms with van der Waals surface area (Å²) in [5, 5.41) is 14.0. The van der Waals surface area contributed by atoms with Crippen molar-refractivity contribution in [1.82, 2.24) is 15.2 Å². The fourth-order valence-corrected chi connectivity index (χ4v) is 4.05. The molecule has 0 fully saturated rings. The Balaban J connectivity index is 1.62. The number of hydrogen-bond donors (Lipinski definition) is 1. The van der Waals surface area contributed by atoms with E-state index in [0.717, 1.165) is 11.1 Å². The fourth-order valence-electron chi connectivity index (χ4n) is 4.05. The number of hydrogen-bond acceptors (Lipinski definition) is 5. The average Bonchev–Trinajstić information content (AvgIpc) is 2.89. The van der Waals surface area contributed by atoms with Crippen LogP contribution >= 0.6 is 0 Å². The van der Waals surface area contributed by atoms with Crippen molar-refractivity contribution in [2.75, 3.05) is 6.54 Å². The summed E-state index contributed by atoms with van der Waals surface area (Å²) in [5.41, 5.74) is 1.76. The van der Waals surface area contributed by atoms with Crippen molar-refractivity contribution in [3.63, 3.8) is 0 Å². The van der Waals surface area contributed by atoms with E-state index < -0.39 is 16.9 Å². The first kappa shape index (κ1) is 22.8. The monoisotopic (exact) mass is 456 g/mol. The third-order valence-electron chi connectivity index (χ3n) is 5.76. The van der Waals surface area contributed by atoms with Gasteiger partial charge in [-0.3, -0.25) is 24.7 Å². The molecule has 2 amide bonds. The number of nitrogens with one attached hydrogen (secondary N) is 1. The first-order valence-corrected chi connectivity index (χ1v) is 11.0. The molecule has 0 saturated carbocycles. The molecule has 2 atom stereocenters. The normalized spacial score (nSPS) is 16.0. The van der Waals surface area contributed by atoms with Gasteiger partial charge in [0.2, 0.25) is 5.91 Å². The molecule has 2 heterocycles. The zero-order valence-corrected chi connectivity index (χ0v) is 18.4. The Hall–Kier alpha value is -4.33. The molecule has 0 bridgehead atoms. The number of benzene rings is 2. The maximum atomic E-state index is 13.8. The lowest BCUT2D eigenvalue weighted by molar-refractivity contribution is -0.384. The third-order valence-corrected chi connectivity index (χ3v) is 5.76. The van der Waals surface area contributed by atoms with Crippen molar-refractivity contribution < 1.29 is 14.5 Å². The molecule has 0 spiro atoms. The maximum Gasteiger partial charge on any atom is 0.270 e. The summed E-state index contributed by atoms with van der Waals surface area (Å²) in [6.45, 7) is 0.413. The lowest BCUT2D eigenvalue weighted by atomic mass is 9.97. The number of nitro benzene ring substituents is 1. The zero-order valence-electron chi connectivity index (χ0n) is 18.4. The minimum Gasteiger partial charge on any atom is -0.340 e. The summed E-state index contributed by atoms with van der Waals surface area (Å²) < 4.78 is 0. The van der Waals surface area contributed by atoms with E-state index in [4.69, 9.17) is 0 Å². The predicted molar refractivity (Wildman–Crippen MR) is 127 cm³/mol. The van der Waals surface area contributed by atoms with E-state index in [1.54, 1.807) is 17.3 Å². The highest BCUT2D eigenvalue weighted by Crippen LogP contribution is 2.28. The van der Waals surface area contributed by atoms with Gasteiger partial charge in [-0.2, -0.15) is 0 Å². The van der Waals surface area contributed by atoms with Crippen LogP contribution in [0.3, 0.4) is 0 Å². The molecule has 2 unspecified atom stereocenters. The van der Waals surface area contributed by atoms with Gasteiger partial charge in [0.25, 0.3) is 11.6 Å². The Labute approximate surface area is 197 Å². The summed E-state index contributed by atoms with van der Waals surface area (Å²) in [7, 11) is 0. The zero-order chi connectivity index (χ0) is 23.9. The van der Waals surface area contributed by atoms with E-state index in [0.29, 0.717) is 19.4 Å². The van der Waals surface area contributed by atoms with Gasteiger partial charge in [0.05, 0.1) is 11.0 Å². The van der Waals surface area contributed by atoms with Crippen LogP contribution in [-0.4, -0.2) is 39.2 Å². The molecule has 1 N–H and O–H groups in total. The SMILES string of the molecule is O=C(NC(Cc1ccccc1)C(=O)N1CC=CCC1c1cccnc1)c1cccc([N+](=O)[O-])c1. The lowest BCUT2D eigenvalue weighted by Crippen LogP contribution is -2.51. The van der Waals surface area contributed by atoms with Gasteiger partial charge in [-0.1, -0.05) is 54.6 Å². The van der Waals surface area contributed by atoms with Crippen molar-refractivity contribution in [3.05, 3.63) is 118 Å². The third kappa shape index (κ3) is 5.35. The van der Waals surface area contributed by atoms with Crippen molar-refractivity contribution in [3.8, 4) is 0 Å². The van der Waals surface area contributed by atoms with Gasteiger partial charge in [0.1, 0.15) is 6.04 Å². The van der Waals surface area contributed by atoms with Crippen molar-refractivity contribution in [2.24, 2.45) is 0 Å². The summed E-state index contributed by atoms with van der Waals surface area (Å²) in [4.78, 5) is 43.3. The van der Waals surface area contributed by atoms with E-state index in [9.17, 15) is 19.7 Å². The highest BCUT2D eigenvalue weighted by molar-refractivity contribution is 5.98. The predicted octanol–water partition coefficient (Wildman–Crippen LogP) is 3.86. The molecule has 0 saturated heterocycles. The second-order valence-electron chi connectivity index (χ2n) is 8.02. The van der Waals surface area contributed by atoms with Crippen LogP contribution in [-0.2, 0) is 11.2 Å². The number of carbonyl (C=O) groups excluding carboxylic acids is 2. The molecule has 34 heavy (non-hydrogen) atoms. The highest BCUT2D eigenvalue weighted by Gasteiger charge is 2.32. The molecule has 4 rings (SSSR count). The maximum absolute atomic E-state index is 13.8. The molecular formula is C26H24N4O4. The van der Waals surface area contributed by atoms with Gasteiger partial charge >= 0.3 is 0 Å². The minimum atomic E-state index is -0.847. The number of amides is 2. The highest BCUT2D eigenvalue weighted by atomic mass is 16.6.